The zero-order valence-electron chi connectivity index (χ0n) is 15.8. The molecule has 0 aromatic rings. The predicted octanol–water partition coefficient (Wildman–Crippen LogP) is 4.34. The van der Waals surface area contributed by atoms with Gasteiger partial charge in [-0.3, -0.25) is 9.05 Å². The summed E-state index contributed by atoms with van der Waals surface area (Å²) in [5.41, 5.74) is 0. The van der Waals surface area contributed by atoms with Gasteiger partial charge in [0.15, 0.2) is 0 Å². The van der Waals surface area contributed by atoms with Crippen molar-refractivity contribution in [3.63, 3.8) is 0 Å². The lowest BCUT2D eigenvalue weighted by atomic mass is 10.1. The molecule has 25 heavy (non-hydrogen) atoms. The second-order valence-electron chi connectivity index (χ2n) is 6.15. The monoisotopic (exact) mass is 383 g/mol. The minimum atomic E-state index is -3.96. The van der Waals surface area contributed by atoms with Crippen molar-refractivity contribution in [2.75, 3.05) is 33.0 Å². The van der Waals surface area contributed by atoms with Gasteiger partial charge in [0.25, 0.3) is 0 Å². The SMILES string of the molecule is CCCCCCCCCCCCCOP(=O)(O)OCCOCCON. The summed E-state index contributed by atoms with van der Waals surface area (Å²) >= 11 is 0. The predicted molar refractivity (Wildman–Crippen MR) is 99.1 cm³/mol. The lowest BCUT2D eigenvalue weighted by molar-refractivity contribution is 0.0297. The van der Waals surface area contributed by atoms with E-state index in [1.807, 2.05) is 0 Å². The molecule has 0 aromatic carbocycles. The van der Waals surface area contributed by atoms with Gasteiger partial charge < -0.3 is 14.5 Å². The third-order valence-corrected chi connectivity index (χ3v) is 4.85. The van der Waals surface area contributed by atoms with E-state index in [4.69, 9.17) is 19.7 Å². The van der Waals surface area contributed by atoms with E-state index in [9.17, 15) is 9.46 Å². The number of unbranched alkanes of at least 4 members (excludes halogenated alkanes) is 10. The Bertz CT molecular complexity index is 320. The van der Waals surface area contributed by atoms with Gasteiger partial charge in [0, 0.05) is 0 Å². The van der Waals surface area contributed by atoms with Crippen LogP contribution < -0.4 is 5.90 Å². The number of hydrogen-bond donors (Lipinski definition) is 2. The third-order valence-electron chi connectivity index (χ3n) is 3.83. The third kappa shape index (κ3) is 20.2. The molecule has 0 saturated heterocycles. The minimum absolute atomic E-state index is 0.00337. The summed E-state index contributed by atoms with van der Waals surface area (Å²) in [5, 5.41) is 0. The first kappa shape index (κ1) is 25.0. The molecule has 0 saturated carbocycles. The number of ether oxygens (including phenoxy) is 1. The van der Waals surface area contributed by atoms with Crippen molar-refractivity contribution in [2.24, 2.45) is 5.90 Å². The van der Waals surface area contributed by atoms with Crippen LogP contribution in [0.5, 0.6) is 0 Å². The van der Waals surface area contributed by atoms with E-state index < -0.39 is 7.82 Å². The van der Waals surface area contributed by atoms with E-state index in [1.54, 1.807) is 0 Å². The largest absolute Gasteiger partial charge is 0.472 e. The zero-order valence-corrected chi connectivity index (χ0v) is 16.7. The molecular weight excluding hydrogens is 345 g/mol. The van der Waals surface area contributed by atoms with E-state index in [0.717, 1.165) is 19.3 Å². The lowest BCUT2D eigenvalue weighted by Gasteiger charge is -2.12. The van der Waals surface area contributed by atoms with Crippen LogP contribution in [0.3, 0.4) is 0 Å². The molecule has 0 heterocycles. The Balaban J connectivity index is 3.30. The van der Waals surface area contributed by atoms with Crippen molar-refractivity contribution in [1.82, 2.24) is 0 Å². The van der Waals surface area contributed by atoms with Gasteiger partial charge in [-0.1, -0.05) is 71.1 Å². The van der Waals surface area contributed by atoms with Crippen molar-refractivity contribution in [1.29, 1.82) is 0 Å². The highest BCUT2D eigenvalue weighted by Crippen LogP contribution is 2.43. The van der Waals surface area contributed by atoms with E-state index in [0.29, 0.717) is 6.61 Å². The van der Waals surface area contributed by atoms with Crippen LogP contribution >= 0.6 is 7.82 Å². The highest BCUT2D eigenvalue weighted by molar-refractivity contribution is 7.47. The molecule has 0 aliphatic rings. The van der Waals surface area contributed by atoms with Crippen molar-refractivity contribution in [3.05, 3.63) is 0 Å². The first-order valence-electron chi connectivity index (χ1n) is 9.63. The molecular formula is C17H38NO6P. The van der Waals surface area contributed by atoms with Crippen molar-refractivity contribution < 1.29 is 28.1 Å². The molecule has 0 aromatic heterocycles. The van der Waals surface area contributed by atoms with Crippen LogP contribution in [0.4, 0.5) is 0 Å². The van der Waals surface area contributed by atoms with E-state index in [1.165, 1.54) is 51.4 Å². The van der Waals surface area contributed by atoms with Crippen molar-refractivity contribution in [2.45, 2.75) is 77.6 Å². The van der Waals surface area contributed by atoms with Crippen LogP contribution in [0.25, 0.3) is 0 Å². The molecule has 0 aliphatic heterocycles. The molecule has 0 amide bonds. The number of phosphoric ester groups is 1. The number of phosphoric acid groups is 1. The number of hydrogen-bond acceptors (Lipinski definition) is 6. The topological polar surface area (TPSA) is 100 Å². The summed E-state index contributed by atoms with van der Waals surface area (Å²) in [5.74, 6) is 4.83. The minimum Gasteiger partial charge on any atom is -0.377 e. The van der Waals surface area contributed by atoms with Gasteiger partial charge in [0.05, 0.1) is 33.0 Å². The number of rotatable bonds is 20. The molecule has 3 N–H and O–H groups in total. The molecule has 8 heteroatoms. The van der Waals surface area contributed by atoms with Crippen molar-refractivity contribution in [3.8, 4) is 0 Å². The van der Waals surface area contributed by atoms with Gasteiger partial charge in [-0.2, -0.15) is 0 Å². The fourth-order valence-corrected chi connectivity index (χ4v) is 3.14. The second-order valence-corrected chi connectivity index (χ2v) is 7.61. The maximum atomic E-state index is 11.6. The second kappa shape index (κ2) is 18.8. The quantitative estimate of drug-likeness (QED) is 0.183. The van der Waals surface area contributed by atoms with Gasteiger partial charge in [-0.15, -0.1) is 0 Å². The van der Waals surface area contributed by atoms with Crippen LogP contribution in [0, 0.1) is 0 Å². The average molecular weight is 383 g/mol. The summed E-state index contributed by atoms with van der Waals surface area (Å²) in [4.78, 5) is 13.8. The van der Waals surface area contributed by atoms with Gasteiger partial charge in [-0.05, 0) is 6.42 Å². The van der Waals surface area contributed by atoms with Crippen LogP contribution in [0.2, 0.25) is 0 Å². The van der Waals surface area contributed by atoms with Crippen LogP contribution in [-0.2, 0) is 23.2 Å². The maximum Gasteiger partial charge on any atom is 0.472 e. The first-order chi connectivity index (χ1) is 12.1. The molecule has 0 aliphatic carbocycles. The van der Waals surface area contributed by atoms with Gasteiger partial charge >= 0.3 is 7.82 Å². The van der Waals surface area contributed by atoms with Crippen molar-refractivity contribution >= 4 is 7.82 Å². The normalized spacial score (nSPS) is 13.9. The molecule has 7 nitrogen and oxygen atoms in total. The molecule has 1 unspecified atom stereocenters. The summed E-state index contributed by atoms with van der Waals surface area (Å²) in [6.45, 7) is 3.25. The smallest absolute Gasteiger partial charge is 0.377 e. The molecule has 0 rings (SSSR count). The Hall–Kier alpha value is -0.0100. The Morgan fingerprint density at radius 1 is 0.720 bits per heavy atom. The van der Waals surface area contributed by atoms with Gasteiger partial charge in [-0.25, -0.2) is 10.5 Å². The van der Waals surface area contributed by atoms with E-state index in [-0.39, 0.29) is 26.4 Å². The van der Waals surface area contributed by atoms with Gasteiger partial charge in [0.1, 0.15) is 0 Å². The molecule has 0 radical (unpaired) electrons. The molecule has 0 bridgehead atoms. The Morgan fingerprint density at radius 2 is 1.20 bits per heavy atom. The summed E-state index contributed by atoms with van der Waals surface area (Å²) in [7, 11) is -3.96. The summed E-state index contributed by atoms with van der Waals surface area (Å²) < 4.78 is 26.4. The highest BCUT2D eigenvalue weighted by atomic mass is 31.2. The Kier molecular flexibility index (Phi) is 18.8. The van der Waals surface area contributed by atoms with E-state index in [2.05, 4.69) is 11.8 Å². The average Bonchev–Trinajstić information content (AvgIpc) is 2.59. The molecule has 152 valence electrons. The standard InChI is InChI=1S/C17H38NO6P/c1-2-3-4-5-6-7-8-9-10-11-12-13-23-25(19,20)24-17-15-21-14-16-22-18/h2-18H2,1H3,(H,19,20). The fourth-order valence-electron chi connectivity index (χ4n) is 2.40. The first-order valence-corrected chi connectivity index (χ1v) is 11.1. The van der Waals surface area contributed by atoms with Crippen LogP contribution in [0.15, 0.2) is 0 Å². The molecule has 0 spiro atoms. The summed E-state index contributed by atoms with van der Waals surface area (Å²) in [6.07, 6.45) is 13.5. The number of nitrogens with two attached hydrogens (primary N) is 1. The molecule has 0 fully saturated rings. The Morgan fingerprint density at radius 3 is 1.76 bits per heavy atom. The Labute approximate surface area is 153 Å². The zero-order chi connectivity index (χ0) is 18.6. The lowest BCUT2D eigenvalue weighted by Crippen LogP contribution is -2.11. The van der Waals surface area contributed by atoms with Crippen LogP contribution in [-0.4, -0.2) is 37.9 Å². The summed E-state index contributed by atoms with van der Waals surface area (Å²) in [6, 6.07) is 0. The van der Waals surface area contributed by atoms with Gasteiger partial charge in [0.2, 0.25) is 0 Å². The van der Waals surface area contributed by atoms with E-state index >= 15 is 0 Å². The fraction of sp³-hybridized carbons (Fsp3) is 1.00. The maximum absolute atomic E-state index is 11.6. The van der Waals surface area contributed by atoms with Crippen LogP contribution in [0.1, 0.15) is 77.6 Å². The highest BCUT2D eigenvalue weighted by Gasteiger charge is 2.20. The molecule has 1 atom stereocenters.